The summed E-state index contributed by atoms with van der Waals surface area (Å²) in [6, 6.07) is 130. The molecule has 0 aliphatic rings. The number of nitrogens with zero attached hydrogens (tertiary/aromatic N) is 6. The van der Waals surface area contributed by atoms with Gasteiger partial charge in [-0.3, -0.25) is 0 Å². The van der Waals surface area contributed by atoms with E-state index in [1.54, 1.807) is 12.4 Å². The molecule has 0 aliphatic heterocycles. The number of aromatic nitrogens is 6. The summed E-state index contributed by atoms with van der Waals surface area (Å²) in [4.78, 5) is 26.5. The Bertz CT molecular complexity index is 5160. The zero-order valence-corrected chi connectivity index (χ0v) is 73.6. The van der Waals surface area contributed by atoms with E-state index in [0.29, 0.717) is 11.8 Å². The topological polar surface area (TPSA) is 77.3 Å². The van der Waals surface area contributed by atoms with Gasteiger partial charge in [0.1, 0.15) is 0 Å². The van der Waals surface area contributed by atoms with E-state index < -0.39 is 0 Å². The summed E-state index contributed by atoms with van der Waals surface area (Å²) in [6.45, 7) is 17.5. The summed E-state index contributed by atoms with van der Waals surface area (Å²) in [5.41, 5.74) is 26.9. The van der Waals surface area contributed by atoms with E-state index in [2.05, 4.69) is 303 Å². The van der Waals surface area contributed by atoms with Crippen LogP contribution in [-0.4, -0.2) is 29.9 Å². The normalized spacial score (nSPS) is 10.2. The predicted octanol–water partition coefficient (Wildman–Crippen LogP) is 25.9. The molecular formula is C102H88Ir4N6-6. The minimum Gasteiger partial charge on any atom is -0.305 e. The largest absolute Gasteiger partial charge is 0.305 e. The zero-order chi connectivity index (χ0) is 75.1. The van der Waals surface area contributed by atoms with E-state index in [4.69, 9.17) is 0 Å². The van der Waals surface area contributed by atoms with Gasteiger partial charge in [0.15, 0.2) is 0 Å². The molecule has 568 valence electrons. The van der Waals surface area contributed by atoms with Crippen LogP contribution in [0.1, 0.15) is 76.6 Å². The van der Waals surface area contributed by atoms with Crippen LogP contribution in [0.15, 0.2) is 365 Å². The molecule has 0 saturated carbocycles. The molecule has 16 aromatic rings. The van der Waals surface area contributed by atoms with Crippen LogP contribution in [-0.2, 0) is 92.3 Å². The van der Waals surface area contributed by atoms with Crippen molar-refractivity contribution in [3.05, 3.63) is 423 Å². The average Bonchev–Trinajstić information content (AvgIpc) is 0.823. The van der Waals surface area contributed by atoms with Crippen LogP contribution in [0.5, 0.6) is 0 Å². The minimum atomic E-state index is 0. The van der Waals surface area contributed by atoms with Gasteiger partial charge in [-0.1, -0.05) is 236 Å². The van der Waals surface area contributed by atoms with Crippen molar-refractivity contribution in [3.63, 3.8) is 0 Å². The van der Waals surface area contributed by atoms with E-state index in [-0.39, 0.29) is 85.8 Å². The molecule has 10 aromatic carbocycles. The Balaban J connectivity index is 0.000000188. The Hall–Kier alpha value is -10.3. The Morgan fingerprint density at radius 2 is 0.625 bits per heavy atom. The first kappa shape index (κ1) is 88.9. The number of hydrogen-bond donors (Lipinski definition) is 0. The summed E-state index contributed by atoms with van der Waals surface area (Å²) in [7, 11) is 0. The molecule has 0 aliphatic carbocycles. The molecule has 6 aromatic heterocycles. The molecule has 0 atom stereocenters. The second-order valence-electron chi connectivity index (χ2n) is 27.6. The number of pyridine rings is 6. The van der Waals surface area contributed by atoms with Gasteiger partial charge in [-0.25, -0.2) is 0 Å². The fourth-order valence-electron chi connectivity index (χ4n) is 11.6. The number of hydrogen-bond acceptors (Lipinski definition) is 6. The second kappa shape index (κ2) is 46.5. The third-order valence-electron chi connectivity index (χ3n) is 17.5. The quantitative estimate of drug-likeness (QED) is 0.107. The monoisotopic (exact) mass is 2170 g/mol. The average molecular weight is 2170 g/mol. The van der Waals surface area contributed by atoms with Crippen LogP contribution in [0, 0.1) is 49.2 Å². The first-order valence-corrected chi connectivity index (χ1v) is 36.6. The van der Waals surface area contributed by atoms with E-state index >= 15 is 0 Å². The molecule has 16 rings (SSSR count). The van der Waals surface area contributed by atoms with E-state index in [9.17, 15) is 0 Å². The van der Waals surface area contributed by atoms with Crippen molar-refractivity contribution in [1.82, 2.24) is 29.9 Å². The Labute approximate surface area is 718 Å². The first-order valence-electron chi connectivity index (χ1n) is 36.6. The van der Waals surface area contributed by atoms with Crippen LogP contribution in [0.25, 0.3) is 112 Å². The maximum absolute atomic E-state index is 4.57. The smallest absolute Gasteiger partial charge is 0.0195 e. The van der Waals surface area contributed by atoms with Gasteiger partial charge in [-0.05, 0) is 128 Å². The van der Waals surface area contributed by atoms with Gasteiger partial charge in [0.2, 0.25) is 0 Å². The van der Waals surface area contributed by atoms with Gasteiger partial charge in [-0.2, -0.15) is 0 Å². The van der Waals surface area contributed by atoms with Crippen molar-refractivity contribution >= 4 is 0 Å². The maximum Gasteiger partial charge on any atom is 0.0195 e. The molecule has 6 nitrogen and oxygen atoms in total. The molecule has 4 radical (unpaired) electrons. The third kappa shape index (κ3) is 27.6. The molecular weight excluding hydrogens is 2080 g/mol. The van der Waals surface area contributed by atoms with Gasteiger partial charge in [-0.15, -0.1) is 213 Å². The van der Waals surface area contributed by atoms with E-state index in [1.807, 2.05) is 171 Å². The standard InChI is InChI=1S/2C21H20N.C20H18N.C18H14N.2C11H8N.4Ir/c1-21(2,3)19-12-13-22-20(15-19)18-11-7-10-17(14-18)16-8-5-4-6-9-16;1-16(2)13-17-11-12-22-21(14-17)20-10-6-9-19(15-20)18-7-4-3-5-8-18;1-15(2)19-11-12-20(21-14-19)18-10-6-9-17(13-18)16-7-4-3-5-8-16;1-14-10-11-18(19-13-14)17-9-5-8-16(12-17)15-6-3-2-4-7-15;2*1-2-6-10(7-3-1)11-8-4-5-9-12-11;;;;/h4-10,12-15H,1-3H3;3-9,11-12,14-16H,13H2,1-2H3;3-9,11-15H,1-2H3;2-8,10-13H,1H3;2*1-6,8-9H;;;;/q6*-1;;;;. The summed E-state index contributed by atoms with van der Waals surface area (Å²) < 4.78 is 0. The third-order valence-corrected chi connectivity index (χ3v) is 17.5. The minimum absolute atomic E-state index is 0. The van der Waals surface area contributed by atoms with Gasteiger partial charge in [0, 0.05) is 118 Å². The molecule has 6 heterocycles. The number of aryl methyl sites for hydroxylation is 1. The molecule has 0 unspecified atom stereocenters. The molecule has 0 amide bonds. The summed E-state index contributed by atoms with van der Waals surface area (Å²) in [5.74, 6) is 1.15. The van der Waals surface area contributed by atoms with Crippen molar-refractivity contribution in [3.8, 4) is 112 Å². The van der Waals surface area contributed by atoms with Crippen LogP contribution < -0.4 is 0 Å². The molecule has 0 N–H and O–H groups in total. The van der Waals surface area contributed by atoms with Crippen LogP contribution in [0.4, 0.5) is 0 Å². The fraction of sp³-hybridized carbons (Fsp3) is 0.118. The first-order chi connectivity index (χ1) is 52.8. The summed E-state index contributed by atoms with van der Waals surface area (Å²) in [6.07, 6.45) is 12.3. The van der Waals surface area contributed by atoms with Gasteiger partial charge < -0.3 is 29.9 Å². The molecule has 0 spiro atoms. The Morgan fingerprint density at radius 3 is 0.964 bits per heavy atom. The molecule has 0 saturated heterocycles. The second-order valence-corrected chi connectivity index (χ2v) is 27.6. The Kier molecular flexibility index (Phi) is 36.9. The molecule has 112 heavy (non-hydrogen) atoms. The van der Waals surface area contributed by atoms with Crippen molar-refractivity contribution in [2.45, 2.75) is 73.1 Å². The van der Waals surface area contributed by atoms with Gasteiger partial charge >= 0.3 is 0 Å². The van der Waals surface area contributed by atoms with E-state index in [0.717, 1.165) is 74.0 Å². The van der Waals surface area contributed by atoms with Crippen molar-refractivity contribution in [2.24, 2.45) is 5.92 Å². The fourth-order valence-corrected chi connectivity index (χ4v) is 11.6. The molecule has 0 bridgehead atoms. The van der Waals surface area contributed by atoms with E-state index in [1.165, 1.54) is 66.8 Å². The number of benzene rings is 10. The van der Waals surface area contributed by atoms with Gasteiger partial charge in [0.05, 0.1) is 0 Å². The van der Waals surface area contributed by atoms with Crippen molar-refractivity contribution in [1.29, 1.82) is 0 Å². The molecule has 10 heteroatoms. The summed E-state index contributed by atoms with van der Waals surface area (Å²) in [5, 5.41) is 0. The number of rotatable bonds is 13. The predicted molar refractivity (Wildman–Crippen MR) is 449 cm³/mol. The van der Waals surface area contributed by atoms with Crippen molar-refractivity contribution in [2.75, 3.05) is 0 Å². The van der Waals surface area contributed by atoms with Crippen LogP contribution >= 0.6 is 0 Å². The van der Waals surface area contributed by atoms with Gasteiger partial charge in [0.25, 0.3) is 0 Å². The molecule has 0 fully saturated rings. The zero-order valence-electron chi connectivity index (χ0n) is 64.0. The van der Waals surface area contributed by atoms with Crippen molar-refractivity contribution < 1.29 is 80.4 Å². The SMILES string of the molecule is CC(C)(C)c1ccnc(-c2[c-]ccc(-c3ccccc3)c2)c1.CC(C)Cc1ccnc(-c2[c-]ccc(-c3ccccc3)c2)c1.CC(C)c1ccc(-c2[c-]ccc(-c3ccccc3)c2)nc1.Cc1ccc(-c2[c-]ccc(-c3ccccc3)c2)nc1.[Ir].[Ir].[Ir].[Ir].[c-]1ccccc1-c1ccccn1.[c-]1ccccc1-c1ccccn1. The summed E-state index contributed by atoms with van der Waals surface area (Å²) >= 11 is 0. The Morgan fingerprint density at radius 1 is 0.277 bits per heavy atom. The van der Waals surface area contributed by atoms with Crippen LogP contribution in [0.3, 0.4) is 0 Å². The van der Waals surface area contributed by atoms with Crippen LogP contribution in [0.2, 0.25) is 0 Å². The maximum atomic E-state index is 4.57.